The van der Waals surface area contributed by atoms with Crippen LogP contribution in [0.3, 0.4) is 0 Å². The Labute approximate surface area is 173 Å². The quantitative estimate of drug-likeness (QED) is 0.645. The summed E-state index contributed by atoms with van der Waals surface area (Å²) in [5.74, 6) is -3.20. The van der Waals surface area contributed by atoms with Gasteiger partial charge in [-0.1, -0.05) is 16.8 Å². The van der Waals surface area contributed by atoms with Gasteiger partial charge < -0.3 is 9.94 Å². The minimum atomic E-state index is -5.42. The maximum atomic E-state index is 14.5. The Morgan fingerprint density at radius 1 is 1.16 bits per heavy atom. The molecule has 1 unspecified atom stereocenters. The van der Waals surface area contributed by atoms with Gasteiger partial charge in [-0.15, -0.1) is 10.2 Å². The largest absolute Gasteiger partial charge is 0.476 e. The van der Waals surface area contributed by atoms with Gasteiger partial charge in [-0.3, -0.25) is 0 Å². The molecule has 166 valence electrons. The summed E-state index contributed by atoms with van der Waals surface area (Å²) in [4.78, 5) is 15.5. The van der Waals surface area contributed by atoms with Crippen molar-refractivity contribution in [2.45, 2.75) is 31.3 Å². The minimum absolute atomic E-state index is 0.0259. The molecule has 0 saturated heterocycles. The van der Waals surface area contributed by atoms with E-state index in [2.05, 4.69) is 20.2 Å². The fourth-order valence-electron chi connectivity index (χ4n) is 2.90. The van der Waals surface area contributed by atoms with E-state index in [1.54, 1.807) is 0 Å². The predicted octanol–water partition coefficient (Wildman–Crippen LogP) is 4.88. The van der Waals surface area contributed by atoms with Gasteiger partial charge in [0.2, 0.25) is 0 Å². The van der Waals surface area contributed by atoms with Crippen LogP contribution in [0.1, 0.15) is 39.3 Å². The molecule has 14 heteroatoms. The second kappa shape index (κ2) is 7.32. The molecule has 1 N–H and O–H groups in total. The van der Waals surface area contributed by atoms with Crippen molar-refractivity contribution in [3.8, 4) is 0 Å². The van der Waals surface area contributed by atoms with Crippen LogP contribution in [0.2, 0.25) is 5.02 Å². The van der Waals surface area contributed by atoms with Crippen molar-refractivity contribution in [1.82, 2.24) is 10.2 Å². The molecule has 2 heterocycles. The van der Waals surface area contributed by atoms with Crippen LogP contribution in [0.4, 0.5) is 30.7 Å². The molecule has 1 aliphatic heterocycles. The molecule has 3 rings (SSSR count). The zero-order chi connectivity index (χ0) is 23.4. The molecule has 0 bridgehead atoms. The number of rotatable bonds is 3. The average molecular weight is 472 g/mol. The Hall–Kier alpha value is -2.96. The van der Waals surface area contributed by atoms with Crippen LogP contribution in [-0.4, -0.2) is 33.2 Å². The lowest BCUT2D eigenvalue weighted by Gasteiger charge is -2.30. The van der Waals surface area contributed by atoms with Gasteiger partial charge in [-0.2, -0.15) is 26.3 Å². The van der Waals surface area contributed by atoms with E-state index < -0.39 is 63.7 Å². The van der Waals surface area contributed by atoms with Gasteiger partial charge in [-0.05, 0) is 30.7 Å². The molecular formula is C17H9ClF7N3O3. The first-order valence-electron chi connectivity index (χ1n) is 8.14. The number of oxime groups is 1. The zero-order valence-electron chi connectivity index (χ0n) is 15.1. The predicted molar refractivity (Wildman–Crippen MR) is 90.1 cm³/mol. The number of aromatic nitrogens is 2. The van der Waals surface area contributed by atoms with Crippen molar-refractivity contribution < 1.29 is 45.5 Å². The summed E-state index contributed by atoms with van der Waals surface area (Å²) in [5.41, 5.74) is -8.05. The van der Waals surface area contributed by atoms with Crippen LogP contribution in [0.15, 0.2) is 23.4 Å². The topological polar surface area (TPSA) is 84.7 Å². The minimum Gasteiger partial charge on any atom is -0.476 e. The lowest BCUT2D eigenvalue weighted by atomic mass is 9.86. The van der Waals surface area contributed by atoms with E-state index in [0.717, 1.165) is 6.07 Å². The third-order valence-electron chi connectivity index (χ3n) is 4.46. The number of hydrogen-bond donors (Lipinski definition) is 1. The third-order valence-corrected chi connectivity index (χ3v) is 4.73. The molecule has 0 amide bonds. The lowest BCUT2D eigenvalue weighted by molar-refractivity contribution is -0.276. The molecule has 0 spiro atoms. The highest BCUT2D eigenvalue weighted by Crippen LogP contribution is 2.51. The molecule has 1 aliphatic rings. The van der Waals surface area contributed by atoms with Crippen LogP contribution in [0, 0.1) is 12.7 Å². The second-order valence-corrected chi connectivity index (χ2v) is 6.92. The first-order chi connectivity index (χ1) is 14.2. The van der Waals surface area contributed by atoms with E-state index in [-0.39, 0.29) is 23.4 Å². The molecule has 0 radical (unpaired) electrons. The van der Waals surface area contributed by atoms with Crippen molar-refractivity contribution in [3.05, 3.63) is 57.1 Å². The average Bonchev–Trinajstić information content (AvgIpc) is 3.09. The number of aromatic carboxylic acids is 1. The summed E-state index contributed by atoms with van der Waals surface area (Å²) < 4.78 is 95.7. The summed E-state index contributed by atoms with van der Waals surface area (Å²) in [5, 5.41) is 17.8. The van der Waals surface area contributed by atoms with Gasteiger partial charge >= 0.3 is 18.3 Å². The Kier molecular flexibility index (Phi) is 5.37. The van der Waals surface area contributed by atoms with Crippen molar-refractivity contribution in [3.63, 3.8) is 0 Å². The molecule has 0 saturated carbocycles. The van der Waals surface area contributed by atoms with Crippen molar-refractivity contribution in [1.29, 1.82) is 0 Å². The fraction of sp³-hybridized carbons (Fsp3) is 0.294. The molecule has 1 aromatic carbocycles. The first-order valence-corrected chi connectivity index (χ1v) is 8.51. The summed E-state index contributed by atoms with van der Waals surface area (Å²) in [7, 11) is 0. The van der Waals surface area contributed by atoms with E-state index in [0.29, 0.717) is 0 Å². The summed E-state index contributed by atoms with van der Waals surface area (Å²) in [6, 6.07) is 1.17. The van der Waals surface area contributed by atoms with Crippen LogP contribution >= 0.6 is 11.6 Å². The summed E-state index contributed by atoms with van der Waals surface area (Å²) >= 11 is 5.42. The van der Waals surface area contributed by atoms with Gasteiger partial charge in [0.05, 0.1) is 17.0 Å². The maximum Gasteiger partial charge on any atom is 0.435 e. The van der Waals surface area contributed by atoms with Gasteiger partial charge in [0.25, 0.3) is 5.60 Å². The smallest absolute Gasteiger partial charge is 0.435 e. The molecular weight excluding hydrogens is 463 g/mol. The normalized spacial score (nSPS) is 19.2. The molecule has 1 atom stereocenters. The van der Waals surface area contributed by atoms with Crippen LogP contribution in [0.25, 0.3) is 0 Å². The molecule has 1 aromatic heterocycles. The number of aryl methyl sites for hydroxylation is 1. The standard InChI is InChI=1S/C17H9ClF7N3O3/c1-6-2-10(26-27-13(6)14(29)30)11-5-15(31-28-11,17(23,24)25)8-3-7(16(20,21)22)4-9(18)12(8)19/h2-4H,5H2,1H3,(H,29,30). The van der Waals surface area contributed by atoms with E-state index in [1.807, 2.05) is 0 Å². The lowest BCUT2D eigenvalue weighted by Crippen LogP contribution is -2.43. The van der Waals surface area contributed by atoms with E-state index in [1.165, 1.54) is 6.92 Å². The molecule has 31 heavy (non-hydrogen) atoms. The number of hydrogen-bond acceptors (Lipinski definition) is 5. The van der Waals surface area contributed by atoms with Gasteiger partial charge in [0.15, 0.2) is 5.69 Å². The van der Waals surface area contributed by atoms with Crippen molar-refractivity contribution >= 4 is 23.3 Å². The molecule has 6 nitrogen and oxygen atoms in total. The number of alkyl halides is 6. The van der Waals surface area contributed by atoms with Gasteiger partial charge in [0, 0.05) is 5.56 Å². The fourth-order valence-corrected chi connectivity index (χ4v) is 3.12. The van der Waals surface area contributed by atoms with Gasteiger partial charge in [0.1, 0.15) is 17.2 Å². The summed E-state index contributed by atoms with van der Waals surface area (Å²) in [6.07, 6.45) is -11.8. The van der Waals surface area contributed by atoms with Crippen molar-refractivity contribution in [2.75, 3.05) is 0 Å². The zero-order valence-corrected chi connectivity index (χ0v) is 15.8. The maximum absolute atomic E-state index is 14.5. The highest BCUT2D eigenvalue weighted by Gasteiger charge is 2.64. The SMILES string of the molecule is Cc1cc(C2=NOC(c3cc(C(F)(F)F)cc(Cl)c3F)(C(F)(F)F)C2)nnc1C(=O)O. The number of nitrogens with zero attached hydrogens (tertiary/aromatic N) is 3. The van der Waals surface area contributed by atoms with Crippen LogP contribution < -0.4 is 0 Å². The molecule has 0 fully saturated rings. The molecule has 0 aliphatic carbocycles. The number of carboxylic acids is 1. The molecule has 2 aromatic rings. The van der Waals surface area contributed by atoms with E-state index in [4.69, 9.17) is 16.7 Å². The summed E-state index contributed by atoms with van der Waals surface area (Å²) in [6.45, 7) is 1.29. The van der Waals surface area contributed by atoms with E-state index in [9.17, 15) is 35.5 Å². The Bertz CT molecular complexity index is 1100. The van der Waals surface area contributed by atoms with Crippen LogP contribution in [0.5, 0.6) is 0 Å². The Morgan fingerprint density at radius 2 is 1.81 bits per heavy atom. The van der Waals surface area contributed by atoms with Crippen LogP contribution in [-0.2, 0) is 16.6 Å². The van der Waals surface area contributed by atoms with Crippen molar-refractivity contribution in [2.24, 2.45) is 5.16 Å². The highest BCUT2D eigenvalue weighted by molar-refractivity contribution is 6.30. The van der Waals surface area contributed by atoms with Gasteiger partial charge in [-0.25, -0.2) is 9.18 Å². The first kappa shape index (κ1) is 22.7. The highest BCUT2D eigenvalue weighted by atomic mass is 35.5. The van der Waals surface area contributed by atoms with E-state index >= 15 is 0 Å². The third kappa shape index (κ3) is 3.89. The number of carboxylic acid groups (broad SMARTS) is 1. The second-order valence-electron chi connectivity index (χ2n) is 6.51. The monoisotopic (exact) mass is 471 g/mol. The Balaban J connectivity index is 2.12. The number of carbonyl (C=O) groups is 1. The number of halogens is 8. The Morgan fingerprint density at radius 3 is 2.32 bits per heavy atom. The number of benzene rings is 1.